The van der Waals surface area contributed by atoms with Crippen molar-refractivity contribution in [2.45, 2.75) is 38.3 Å². The number of anilines is 1. The Morgan fingerprint density at radius 3 is 2.89 bits per heavy atom. The second-order valence-corrected chi connectivity index (χ2v) is 8.27. The summed E-state index contributed by atoms with van der Waals surface area (Å²) in [5.41, 5.74) is 2.70. The van der Waals surface area contributed by atoms with E-state index in [0.717, 1.165) is 38.9 Å². The van der Waals surface area contributed by atoms with Gasteiger partial charge in [0.05, 0.1) is 4.88 Å². The molecule has 1 aromatic heterocycles. The van der Waals surface area contributed by atoms with Crippen molar-refractivity contribution in [2.75, 3.05) is 24.5 Å². The fourth-order valence-electron chi connectivity index (χ4n) is 4.15. The molecule has 1 saturated heterocycles. The van der Waals surface area contributed by atoms with Gasteiger partial charge in [0.15, 0.2) is 0 Å². The van der Waals surface area contributed by atoms with Crippen LogP contribution >= 0.6 is 11.3 Å². The number of benzene rings is 1. The van der Waals surface area contributed by atoms with Gasteiger partial charge in [-0.25, -0.2) is 0 Å². The van der Waals surface area contributed by atoms with E-state index in [2.05, 4.69) is 34.5 Å². The Kier molecular flexibility index (Phi) is 5.16. The number of nitrogens with zero attached hydrogens (tertiary/aromatic N) is 2. The van der Waals surface area contributed by atoms with Gasteiger partial charge in [0.2, 0.25) is 5.91 Å². The number of hydrogen-bond acceptors (Lipinski definition) is 4. The van der Waals surface area contributed by atoms with Gasteiger partial charge in [-0.2, -0.15) is 0 Å². The van der Waals surface area contributed by atoms with Gasteiger partial charge in [0.25, 0.3) is 5.91 Å². The fourth-order valence-corrected chi connectivity index (χ4v) is 4.78. The van der Waals surface area contributed by atoms with E-state index in [1.54, 1.807) is 13.0 Å². The number of amides is 2. The average molecular weight is 384 g/mol. The van der Waals surface area contributed by atoms with Crippen molar-refractivity contribution < 1.29 is 9.59 Å². The van der Waals surface area contributed by atoms with E-state index in [-0.39, 0.29) is 17.9 Å². The van der Waals surface area contributed by atoms with Crippen molar-refractivity contribution in [3.05, 3.63) is 52.2 Å². The van der Waals surface area contributed by atoms with Gasteiger partial charge in [-0.05, 0) is 49.3 Å². The van der Waals surface area contributed by atoms with Crippen molar-refractivity contribution >= 4 is 28.8 Å². The maximum Gasteiger partial charge on any atom is 0.261 e. The van der Waals surface area contributed by atoms with Gasteiger partial charge < -0.3 is 15.1 Å². The molecule has 2 aliphatic rings. The summed E-state index contributed by atoms with van der Waals surface area (Å²) in [5.74, 6) is -0.148. The minimum atomic E-state index is -0.508. The molecule has 0 saturated carbocycles. The molecule has 1 N–H and O–H groups in total. The number of para-hydroxylation sites is 1. The molecule has 0 bridgehead atoms. The lowest BCUT2D eigenvalue weighted by Gasteiger charge is -2.31. The first-order valence-electron chi connectivity index (χ1n) is 9.61. The van der Waals surface area contributed by atoms with Crippen molar-refractivity contribution in [3.63, 3.8) is 0 Å². The van der Waals surface area contributed by atoms with E-state index in [0.29, 0.717) is 4.88 Å². The van der Waals surface area contributed by atoms with Crippen molar-refractivity contribution in [3.8, 4) is 0 Å². The molecule has 2 aliphatic heterocycles. The third-order valence-electron chi connectivity index (χ3n) is 5.54. The third-order valence-corrected chi connectivity index (χ3v) is 6.41. The highest BCUT2D eigenvalue weighted by atomic mass is 32.1. The highest BCUT2D eigenvalue weighted by Gasteiger charge is 2.34. The molecule has 2 amide bonds. The molecule has 4 rings (SSSR count). The van der Waals surface area contributed by atoms with Gasteiger partial charge in [0.1, 0.15) is 6.04 Å². The molecule has 2 atom stereocenters. The van der Waals surface area contributed by atoms with Crippen LogP contribution in [0.15, 0.2) is 41.8 Å². The molecule has 0 spiro atoms. The number of rotatable bonds is 5. The number of thiophene rings is 1. The number of carbonyl (C=O) groups excluding carboxylic acids is 2. The lowest BCUT2D eigenvalue weighted by Crippen LogP contribution is -2.51. The molecule has 6 heteroatoms. The van der Waals surface area contributed by atoms with Crippen LogP contribution in [0.3, 0.4) is 0 Å². The summed E-state index contributed by atoms with van der Waals surface area (Å²) in [4.78, 5) is 30.2. The zero-order chi connectivity index (χ0) is 18.8. The SMILES string of the molecule is CC(NC(=O)c1cccs1)C(=O)N1CCCC1CN1CCc2ccccc21. The quantitative estimate of drug-likeness (QED) is 0.864. The third kappa shape index (κ3) is 3.72. The summed E-state index contributed by atoms with van der Waals surface area (Å²) in [5, 5.41) is 4.72. The van der Waals surface area contributed by atoms with E-state index >= 15 is 0 Å². The second kappa shape index (κ2) is 7.72. The summed E-state index contributed by atoms with van der Waals surface area (Å²) in [6.45, 7) is 4.45. The van der Waals surface area contributed by atoms with Gasteiger partial charge in [0, 0.05) is 31.4 Å². The summed E-state index contributed by atoms with van der Waals surface area (Å²) >= 11 is 1.39. The van der Waals surface area contributed by atoms with E-state index in [4.69, 9.17) is 0 Å². The fraction of sp³-hybridized carbons (Fsp3) is 0.429. The van der Waals surface area contributed by atoms with Crippen LogP contribution in [-0.4, -0.2) is 48.4 Å². The van der Waals surface area contributed by atoms with E-state index in [9.17, 15) is 9.59 Å². The van der Waals surface area contributed by atoms with Crippen LogP contribution in [0.4, 0.5) is 5.69 Å². The molecule has 142 valence electrons. The lowest BCUT2D eigenvalue weighted by atomic mass is 10.1. The zero-order valence-corrected chi connectivity index (χ0v) is 16.4. The Morgan fingerprint density at radius 1 is 1.22 bits per heavy atom. The number of likely N-dealkylation sites (tertiary alicyclic amines) is 1. The second-order valence-electron chi connectivity index (χ2n) is 7.32. The topological polar surface area (TPSA) is 52.7 Å². The van der Waals surface area contributed by atoms with E-state index in [1.807, 2.05) is 16.3 Å². The molecule has 27 heavy (non-hydrogen) atoms. The van der Waals surface area contributed by atoms with Gasteiger partial charge in [-0.3, -0.25) is 9.59 Å². The summed E-state index contributed by atoms with van der Waals surface area (Å²) in [6, 6.07) is 11.9. The van der Waals surface area contributed by atoms with Crippen LogP contribution in [-0.2, 0) is 11.2 Å². The van der Waals surface area contributed by atoms with Crippen molar-refractivity contribution in [1.82, 2.24) is 10.2 Å². The monoisotopic (exact) mass is 383 g/mol. The zero-order valence-electron chi connectivity index (χ0n) is 15.6. The number of carbonyl (C=O) groups is 2. The van der Waals surface area contributed by atoms with Gasteiger partial charge in [-0.15, -0.1) is 11.3 Å². The number of fused-ring (bicyclic) bond motifs is 1. The van der Waals surface area contributed by atoms with Crippen LogP contribution in [0.2, 0.25) is 0 Å². The molecule has 1 fully saturated rings. The van der Waals surface area contributed by atoms with Gasteiger partial charge >= 0.3 is 0 Å². The Morgan fingerprint density at radius 2 is 2.07 bits per heavy atom. The predicted molar refractivity (Wildman–Crippen MR) is 108 cm³/mol. The molecule has 2 aromatic rings. The molecule has 1 aromatic carbocycles. The van der Waals surface area contributed by atoms with Crippen LogP contribution < -0.4 is 10.2 Å². The smallest absolute Gasteiger partial charge is 0.261 e. The number of nitrogens with one attached hydrogen (secondary N) is 1. The Labute approximate surface area is 164 Å². The van der Waals surface area contributed by atoms with Crippen LogP contribution in [0.1, 0.15) is 35.0 Å². The molecule has 0 radical (unpaired) electrons. The highest BCUT2D eigenvalue weighted by Crippen LogP contribution is 2.29. The highest BCUT2D eigenvalue weighted by molar-refractivity contribution is 7.12. The van der Waals surface area contributed by atoms with Crippen molar-refractivity contribution in [2.24, 2.45) is 0 Å². The van der Waals surface area contributed by atoms with E-state index in [1.165, 1.54) is 22.6 Å². The molecular formula is C21H25N3O2S. The standard InChI is InChI=1S/C21H25N3O2S/c1-15(22-20(25)19-9-5-13-27-19)21(26)24-11-4-7-17(24)14-23-12-10-16-6-2-3-8-18(16)23/h2-3,5-6,8-9,13,15,17H,4,7,10-12,14H2,1H3,(H,22,25). The van der Waals surface area contributed by atoms with E-state index < -0.39 is 6.04 Å². The molecule has 5 nitrogen and oxygen atoms in total. The first-order chi connectivity index (χ1) is 13.1. The molecule has 0 aliphatic carbocycles. The average Bonchev–Trinajstić information content (AvgIpc) is 3.43. The minimum Gasteiger partial charge on any atom is -0.369 e. The largest absolute Gasteiger partial charge is 0.369 e. The summed E-state index contributed by atoms with van der Waals surface area (Å²) in [6.07, 6.45) is 3.12. The first kappa shape index (κ1) is 18.0. The number of hydrogen-bond donors (Lipinski definition) is 1. The molecule has 2 unspecified atom stereocenters. The van der Waals surface area contributed by atoms with Gasteiger partial charge in [-0.1, -0.05) is 24.3 Å². The maximum atomic E-state index is 13.0. The van der Waals surface area contributed by atoms with Crippen molar-refractivity contribution in [1.29, 1.82) is 0 Å². The van der Waals surface area contributed by atoms with Crippen LogP contribution in [0.5, 0.6) is 0 Å². The Hall–Kier alpha value is -2.34. The Balaban J connectivity index is 1.39. The predicted octanol–water partition coefficient (Wildman–Crippen LogP) is 2.92. The van der Waals surface area contributed by atoms with Crippen LogP contribution in [0.25, 0.3) is 0 Å². The Bertz CT molecular complexity index is 821. The lowest BCUT2D eigenvalue weighted by molar-refractivity contribution is -0.133. The van der Waals surface area contributed by atoms with Crippen LogP contribution in [0, 0.1) is 0 Å². The summed E-state index contributed by atoms with van der Waals surface area (Å²) < 4.78 is 0. The first-order valence-corrected chi connectivity index (χ1v) is 10.5. The molecule has 3 heterocycles. The molecular weight excluding hydrogens is 358 g/mol. The normalized spacial score (nSPS) is 19.8. The minimum absolute atomic E-state index is 0.0230. The summed E-state index contributed by atoms with van der Waals surface area (Å²) in [7, 11) is 0. The maximum absolute atomic E-state index is 13.0.